The highest BCUT2D eigenvalue weighted by atomic mass is 79.9. The Kier molecular flexibility index (Phi) is 5.16. The standard InChI is InChI=1S/C14H16Br2N2O.ClH/c15-10-1-2-11(12(16)7-10)13(19)18-6-4-14(9-18)3-5-17-8-14;/h1-2,7,17H,3-6,8-9H2;1H. The molecule has 2 heterocycles. The van der Waals surface area contributed by atoms with Crippen LogP contribution in [0.2, 0.25) is 0 Å². The van der Waals surface area contributed by atoms with E-state index in [2.05, 4.69) is 37.2 Å². The molecule has 3 nitrogen and oxygen atoms in total. The number of nitrogens with one attached hydrogen (secondary N) is 1. The first-order valence-corrected chi connectivity index (χ1v) is 8.13. The first-order valence-electron chi connectivity index (χ1n) is 6.55. The second-order valence-corrected chi connectivity index (χ2v) is 7.30. The third-order valence-corrected chi connectivity index (χ3v) is 5.37. The Morgan fingerprint density at radius 1 is 1.30 bits per heavy atom. The maximum absolute atomic E-state index is 12.6. The Bertz CT molecular complexity index is 518. The van der Waals surface area contributed by atoms with Gasteiger partial charge < -0.3 is 10.2 Å². The van der Waals surface area contributed by atoms with E-state index in [9.17, 15) is 4.79 Å². The number of carbonyl (C=O) groups excluding carboxylic acids is 1. The number of hydrogen-bond acceptors (Lipinski definition) is 2. The molecule has 1 aromatic carbocycles. The number of carbonyl (C=O) groups is 1. The minimum absolute atomic E-state index is 0. The van der Waals surface area contributed by atoms with Crippen LogP contribution < -0.4 is 5.32 Å². The topological polar surface area (TPSA) is 32.3 Å². The van der Waals surface area contributed by atoms with E-state index in [1.54, 1.807) is 0 Å². The fourth-order valence-corrected chi connectivity index (χ4v) is 4.30. The minimum Gasteiger partial charge on any atom is -0.338 e. The summed E-state index contributed by atoms with van der Waals surface area (Å²) in [7, 11) is 0. The van der Waals surface area contributed by atoms with Crippen LogP contribution in [0.4, 0.5) is 0 Å². The van der Waals surface area contributed by atoms with Crippen molar-refractivity contribution in [3.63, 3.8) is 0 Å². The molecule has 0 saturated carbocycles. The number of rotatable bonds is 1. The highest BCUT2D eigenvalue weighted by Crippen LogP contribution is 2.37. The molecule has 1 N–H and O–H groups in total. The van der Waals surface area contributed by atoms with Gasteiger partial charge in [-0.05, 0) is 53.5 Å². The van der Waals surface area contributed by atoms with E-state index < -0.39 is 0 Å². The molecule has 2 aliphatic rings. The van der Waals surface area contributed by atoms with Gasteiger partial charge in [0.1, 0.15) is 0 Å². The number of nitrogens with zero attached hydrogens (tertiary/aromatic N) is 1. The summed E-state index contributed by atoms with van der Waals surface area (Å²) in [5.41, 5.74) is 1.09. The first kappa shape index (κ1) is 16.3. The molecule has 0 radical (unpaired) electrons. The van der Waals surface area contributed by atoms with E-state index in [0.717, 1.165) is 47.1 Å². The molecule has 3 rings (SSSR count). The zero-order valence-corrected chi connectivity index (χ0v) is 15.0. The largest absolute Gasteiger partial charge is 0.338 e. The summed E-state index contributed by atoms with van der Waals surface area (Å²) in [5, 5.41) is 3.42. The van der Waals surface area contributed by atoms with Crippen molar-refractivity contribution in [3.05, 3.63) is 32.7 Å². The van der Waals surface area contributed by atoms with E-state index in [4.69, 9.17) is 0 Å². The van der Waals surface area contributed by atoms with Crippen LogP contribution in [0.5, 0.6) is 0 Å². The maximum atomic E-state index is 12.6. The van der Waals surface area contributed by atoms with Crippen LogP contribution >= 0.6 is 44.3 Å². The summed E-state index contributed by atoms with van der Waals surface area (Å²) >= 11 is 6.89. The average molecular weight is 425 g/mol. The van der Waals surface area contributed by atoms with Gasteiger partial charge in [-0.15, -0.1) is 12.4 Å². The van der Waals surface area contributed by atoms with Crippen LogP contribution in [-0.2, 0) is 0 Å². The second-order valence-electron chi connectivity index (χ2n) is 5.53. The minimum atomic E-state index is 0. The molecule has 2 fully saturated rings. The van der Waals surface area contributed by atoms with Gasteiger partial charge >= 0.3 is 0 Å². The normalized spacial score (nSPS) is 25.0. The predicted octanol–water partition coefficient (Wildman–Crippen LogP) is 3.46. The van der Waals surface area contributed by atoms with Crippen molar-refractivity contribution in [3.8, 4) is 0 Å². The number of halogens is 3. The Balaban J connectivity index is 0.00000147. The summed E-state index contributed by atoms with van der Waals surface area (Å²) in [5.74, 6) is 0.142. The van der Waals surface area contributed by atoms with Crippen molar-refractivity contribution >= 4 is 50.2 Å². The first-order chi connectivity index (χ1) is 9.10. The van der Waals surface area contributed by atoms with Crippen LogP contribution in [0.1, 0.15) is 23.2 Å². The van der Waals surface area contributed by atoms with Gasteiger partial charge in [-0.1, -0.05) is 15.9 Å². The average Bonchev–Trinajstić information content (AvgIpc) is 3.00. The van der Waals surface area contributed by atoms with E-state index >= 15 is 0 Å². The van der Waals surface area contributed by atoms with Gasteiger partial charge in [0.25, 0.3) is 5.91 Å². The summed E-state index contributed by atoms with van der Waals surface area (Å²) in [6, 6.07) is 5.73. The molecule has 1 atom stereocenters. The quantitative estimate of drug-likeness (QED) is 0.749. The van der Waals surface area contributed by atoms with Crippen molar-refractivity contribution in [1.82, 2.24) is 10.2 Å². The van der Waals surface area contributed by atoms with E-state index in [-0.39, 0.29) is 18.3 Å². The molecular formula is C14H17Br2ClN2O. The van der Waals surface area contributed by atoms with Crippen LogP contribution in [-0.4, -0.2) is 37.0 Å². The van der Waals surface area contributed by atoms with Crippen molar-refractivity contribution in [1.29, 1.82) is 0 Å². The lowest BCUT2D eigenvalue weighted by Crippen LogP contribution is -2.33. The molecule has 0 aromatic heterocycles. The molecule has 2 aliphatic heterocycles. The molecule has 20 heavy (non-hydrogen) atoms. The monoisotopic (exact) mass is 422 g/mol. The predicted molar refractivity (Wildman–Crippen MR) is 89.5 cm³/mol. The lowest BCUT2D eigenvalue weighted by atomic mass is 9.86. The molecule has 110 valence electrons. The number of hydrogen-bond donors (Lipinski definition) is 1. The van der Waals surface area contributed by atoms with Crippen molar-refractivity contribution in [2.45, 2.75) is 12.8 Å². The Hall–Kier alpha value is -0.100. The Morgan fingerprint density at radius 3 is 2.75 bits per heavy atom. The van der Waals surface area contributed by atoms with Gasteiger partial charge in [0.05, 0.1) is 5.56 Å². The molecule has 0 aliphatic carbocycles. The van der Waals surface area contributed by atoms with Gasteiger partial charge in [-0.25, -0.2) is 0 Å². The zero-order chi connectivity index (χ0) is 13.5. The molecule has 6 heteroatoms. The van der Waals surface area contributed by atoms with Gasteiger partial charge in [0.15, 0.2) is 0 Å². The molecule has 1 aromatic rings. The van der Waals surface area contributed by atoms with Gasteiger partial charge in [-0.3, -0.25) is 4.79 Å². The van der Waals surface area contributed by atoms with E-state index in [1.807, 2.05) is 23.1 Å². The molecule has 2 saturated heterocycles. The van der Waals surface area contributed by atoms with Crippen molar-refractivity contribution in [2.75, 3.05) is 26.2 Å². The molecule has 1 amide bonds. The second kappa shape index (κ2) is 6.34. The van der Waals surface area contributed by atoms with Crippen molar-refractivity contribution in [2.24, 2.45) is 5.41 Å². The lowest BCUT2D eigenvalue weighted by Gasteiger charge is -2.23. The van der Waals surface area contributed by atoms with Crippen LogP contribution in [0.15, 0.2) is 27.1 Å². The third-order valence-electron chi connectivity index (χ3n) is 4.22. The Morgan fingerprint density at radius 2 is 2.10 bits per heavy atom. The zero-order valence-electron chi connectivity index (χ0n) is 11.0. The van der Waals surface area contributed by atoms with Crippen LogP contribution in [0, 0.1) is 5.41 Å². The third kappa shape index (κ3) is 3.06. The fraction of sp³-hybridized carbons (Fsp3) is 0.500. The number of likely N-dealkylation sites (tertiary alicyclic amines) is 1. The van der Waals surface area contributed by atoms with E-state index in [1.165, 1.54) is 6.42 Å². The highest BCUT2D eigenvalue weighted by molar-refractivity contribution is 9.11. The van der Waals surface area contributed by atoms with Crippen molar-refractivity contribution < 1.29 is 4.79 Å². The number of benzene rings is 1. The smallest absolute Gasteiger partial charge is 0.255 e. The lowest BCUT2D eigenvalue weighted by molar-refractivity contribution is 0.0775. The van der Waals surface area contributed by atoms with Gasteiger partial charge in [0, 0.05) is 34.0 Å². The Labute approximate surface area is 142 Å². The van der Waals surface area contributed by atoms with Gasteiger partial charge in [0.2, 0.25) is 0 Å². The molecular weight excluding hydrogens is 407 g/mol. The van der Waals surface area contributed by atoms with Crippen LogP contribution in [0.3, 0.4) is 0 Å². The molecule has 1 spiro atoms. The number of amides is 1. The van der Waals surface area contributed by atoms with Gasteiger partial charge in [-0.2, -0.15) is 0 Å². The van der Waals surface area contributed by atoms with Crippen LogP contribution in [0.25, 0.3) is 0 Å². The highest BCUT2D eigenvalue weighted by Gasteiger charge is 2.42. The summed E-state index contributed by atoms with van der Waals surface area (Å²) < 4.78 is 1.84. The fourth-order valence-electron chi connectivity index (χ4n) is 3.09. The van der Waals surface area contributed by atoms with E-state index in [0.29, 0.717) is 5.41 Å². The summed E-state index contributed by atoms with van der Waals surface area (Å²) in [6.07, 6.45) is 2.32. The summed E-state index contributed by atoms with van der Waals surface area (Å²) in [4.78, 5) is 14.6. The maximum Gasteiger partial charge on any atom is 0.255 e. The SMILES string of the molecule is Cl.O=C(c1ccc(Br)cc1Br)N1CCC2(CCNC2)C1. The molecule has 0 bridgehead atoms. The molecule has 1 unspecified atom stereocenters. The summed E-state index contributed by atoms with van der Waals surface area (Å²) in [6.45, 7) is 3.91.